The Kier molecular flexibility index (Phi) is 6.41. The van der Waals surface area contributed by atoms with Gasteiger partial charge in [0.05, 0.1) is 22.1 Å². The third-order valence-corrected chi connectivity index (χ3v) is 12.3. The Hall–Kier alpha value is -5.90. The highest BCUT2D eigenvalue weighted by Crippen LogP contribution is 2.41. The second kappa shape index (κ2) is 11.3. The molecule has 0 radical (unpaired) electrons. The monoisotopic (exact) mass is 670 g/mol. The van der Waals surface area contributed by atoms with Crippen LogP contribution in [0, 0.1) is 0 Å². The van der Waals surface area contributed by atoms with E-state index in [1.165, 1.54) is 113 Å². The number of hydrogen-bond donors (Lipinski definition) is 0. The maximum absolute atomic E-state index is 2.47. The van der Waals surface area contributed by atoms with Gasteiger partial charge in [-0.3, -0.25) is 0 Å². The van der Waals surface area contributed by atoms with Crippen molar-refractivity contribution in [1.29, 1.82) is 0 Å². The number of para-hydroxylation sites is 2. The maximum Gasteiger partial charge on any atom is 0.0541 e. The Morgan fingerprint density at radius 1 is 0.373 bits per heavy atom. The minimum absolute atomic E-state index is 1.17. The fourth-order valence-corrected chi connectivity index (χ4v) is 10.0. The number of benzene rings is 7. The Balaban J connectivity index is 1.06. The van der Waals surface area contributed by atoms with Crippen molar-refractivity contribution >= 4 is 65.0 Å². The molecule has 0 saturated carbocycles. The molecule has 1 aliphatic rings. The molecule has 3 aromatic heterocycles. The third kappa shape index (κ3) is 4.48. The molecule has 0 unspecified atom stereocenters. The zero-order chi connectivity index (χ0) is 33.5. The molecule has 10 aromatic rings. The van der Waals surface area contributed by atoms with E-state index in [-0.39, 0.29) is 0 Å². The summed E-state index contributed by atoms with van der Waals surface area (Å²) in [6.45, 7) is 0. The molecule has 0 amide bonds. The third-order valence-electron chi connectivity index (χ3n) is 11.1. The number of nitrogens with zero attached hydrogens (tertiary/aromatic N) is 2. The van der Waals surface area contributed by atoms with Crippen LogP contribution in [0.2, 0.25) is 0 Å². The van der Waals surface area contributed by atoms with E-state index in [4.69, 9.17) is 0 Å². The molecule has 51 heavy (non-hydrogen) atoms. The number of rotatable bonds is 4. The standard InChI is InChI=1S/C48H34N2S/c1-2-11-31(12-3-1)32-13-10-14-35(27-32)49-43-18-7-4-15-37(43)41-28-33(21-25-45(41)49)34-22-26-46-42(29-34)38-16-5-8-19-44(38)50(46)36-23-24-40-39-17-6-9-20-47(39)51-48(40)30-36/h1-5,7-8,10-16,18-19,21-30H,6,9,17,20H2. The predicted molar refractivity (Wildman–Crippen MR) is 218 cm³/mol. The lowest BCUT2D eigenvalue weighted by molar-refractivity contribution is 0.700. The van der Waals surface area contributed by atoms with E-state index in [1.807, 2.05) is 11.3 Å². The Labute approximate surface area is 300 Å². The van der Waals surface area contributed by atoms with Gasteiger partial charge in [0.2, 0.25) is 0 Å². The first-order valence-electron chi connectivity index (χ1n) is 18.1. The number of thiophene rings is 1. The fraction of sp³-hybridized carbons (Fsp3) is 0.0833. The molecule has 3 heterocycles. The number of hydrogen-bond acceptors (Lipinski definition) is 1. The quantitative estimate of drug-likeness (QED) is 0.176. The van der Waals surface area contributed by atoms with E-state index in [0.29, 0.717) is 0 Å². The highest BCUT2D eigenvalue weighted by atomic mass is 32.1. The fourth-order valence-electron chi connectivity index (χ4n) is 8.71. The van der Waals surface area contributed by atoms with Gasteiger partial charge in [0.1, 0.15) is 0 Å². The molecule has 3 heteroatoms. The second-order valence-electron chi connectivity index (χ2n) is 14.0. The van der Waals surface area contributed by atoms with Crippen LogP contribution in [0.3, 0.4) is 0 Å². The van der Waals surface area contributed by atoms with Gasteiger partial charge in [-0.15, -0.1) is 11.3 Å². The molecule has 11 rings (SSSR count). The molecule has 0 atom stereocenters. The first-order chi connectivity index (χ1) is 25.3. The maximum atomic E-state index is 2.47. The van der Waals surface area contributed by atoms with Gasteiger partial charge in [0.15, 0.2) is 0 Å². The molecule has 0 aliphatic heterocycles. The molecule has 7 aromatic carbocycles. The van der Waals surface area contributed by atoms with Gasteiger partial charge in [-0.25, -0.2) is 0 Å². The van der Waals surface area contributed by atoms with E-state index in [9.17, 15) is 0 Å². The van der Waals surface area contributed by atoms with Crippen molar-refractivity contribution < 1.29 is 0 Å². The van der Waals surface area contributed by atoms with Gasteiger partial charge in [-0.05, 0) is 120 Å². The van der Waals surface area contributed by atoms with Crippen LogP contribution >= 0.6 is 11.3 Å². The number of aryl methyl sites for hydroxylation is 2. The van der Waals surface area contributed by atoms with Crippen molar-refractivity contribution in [3.05, 3.63) is 168 Å². The van der Waals surface area contributed by atoms with Crippen molar-refractivity contribution in [1.82, 2.24) is 9.13 Å². The van der Waals surface area contributed by atoms with E-state index in [0.717, 1.165) is 0 Å². The van der Waals surface area contributed by atoms with Crippen molar-refractivity contribution in [2.45, 2.75) is 25.7 Å². The molecular weight excluding hydrogens is 637 g/mol. The van der Waals surface area contributed by atoms with E-state index in [2.05, 4.69) is 167 Å². The van der Waals surface area contributed by atoms with Crippen molar-refractivity contribution in [2.75, 3.05) is 0 Å². The number of fused-ring (bicyclic) bond motifs is 9. The van der Waals surface area contributed by atoms with Crippen LogP contribution in [0.1, 0.15) is 23.3 Å². The highest BCUT2D eigenvalue weighted by Gasteiger charge is 2.19. The Morgan fingerprint density at radius 2 is 0.941 bits per heavy atom. The molecule has 0 N–H and O–H groups in total. The zero-order valence-electron chi connectivity index (χ0n) is 28.1. The number of aromatic nitrogens is 2. The summed E-state index contributed by atoms with van der Waals surface area (Å²) in [6.07, 6.45) is 5.09. The van der Waals surface area contributed by atoms with Gasteiger partial charge in [0.25, 0.3) is 0 Å². The molecule has 2 nitrogen and oxygen atoms in total. The average molecular weight is 671 g/mol. The second-order valence-corrected chi connectivity index (χ2v) is 15.1. The van der Waals surface area contributed by atoms with Crippen LogP contribution in [-0.2, 0) is 12.8 Å². The van der Waals surface area contributed by atoms with Gasteiger partial charge in [-0.2, -0.15) is 0 Å². The van der Waals surface area contributed by atoms with Gasteiger partial charge in [-0.1, -0.05) is 97.1 Å². The molecule has 1 aliphatic carbocycles. The first-order valence-corrected chi connectivity index (χ1v) is 18.9. The van der Waals surface area contributed by atoms with Gasteiger partial charge >= 0.3 is 0 Å². The lowest BCUT2D eigenvalue weighted by atomic mass is 9.96. The van der Waals surface area contributed by atoms with Crippen LogP contribution in [0.15, 0.2) is 158 Å². The summed E-state index contributed by atoms with van der Waals surface area (Å²) in [5.74, 6) is 0. The minimum atomic E-state index is 1.17. The van der Waals surface area contributed by atoms with E-state index in [1.54, 1.807) is 10.4 Å². The summed E-state index contributed by atoms with van der Waals surface area (Å²) in [4.78, 5) is 1.60. The first kappa shape index (κ1) is 28.9. The Morgan fingerprint density at radius 3 is 1.65 bits per heavy atom. The van der Waals surface area contributed by atoms with Crippen LogP contribution < -0.4 is 0 Å². The summed E-state index contributed by atoms with van der Waals surface area (Å²) in [5.41, 5.74) is 13.9. The normalized spacial score (nSPS) is 13.2. The lowest BCUT2D eigenvalue weighted by Crippen LogP contribution is -1.98. The smallest absolute Gasteiger partial charge is 0.0541 e. The van der Waals surface area contributed by atoms with Crippen LogP contribution in [-0.4, -0.2) is 9.13 Å². The summed E-state index contributed by atoms with van der Waals surface area (Å²) in [5, 5.41) is 6.57. The predicted octanol–water partition coefficient (Wildman–Crippen LogP) is 13.3. The van der Waals surface area contributed by atoms with Gasteiger partial charge < -0.3 is 9.13 Å². The molecular formula is C48H34N2S. The Bertz CT molecular complexity index is 2970. The van der Waals surface area contributed by atoms with Crippen molar-refractivity contribution in [3.63, 3.8) is 0 Å². The van der Waals surface area contributed by atoms with Crippen molar-refractivity contribution in [2.24, 2.45) is 0 Å². The van der Waals surface area contributed by atoms with Crippen LogP contribution in [0.4, 0.5) is 0 Å². The van der Waals surface area contributed by atoms with E-state index >= 15 is 0 Å². The molecule has 0 spiro atoms. The summed E-state index contributed by atoms with van der Waals surface area (Å²) in [6, 6.07) is 58.4. The molecule has 0 saturated heterocycles. The van der Waals surface area contributed by atoms with Crippen LogP contribution in [0.5, 0.6) is 0 Å². The molecule has 0 fully saturated rings. The van der Waals surface area contributed by atoms with Gasteiger partial charge in [0, 0.05) is 42.5 Å². The summed E-state index contributed by atoms with van der Waals surface area (Å²) in [7, 11) is 0. The molecule has 0 bridgehead atoms. The SMILES string of the molecule is c1ccc(-c2cccc(-n3c4ccccc4c4cc(-c5ccc6c(c5)c5ccccc5n6-c5ccc6c7c(sc6c5)CCCC7)ccc43)c2)cc1. The average Bonchev–Trinajstić information content (AvgIpc) is 3.85. The van der Waals surface area contributed by atoms with Crippen LogP contribution in [0.25, 0.3) is 87.3 Å². The van der Waals surface area contributed by atoms with E-state index < -0.39 is 0 Å². The van der Waals surface area contributed by atoms with Crippen molar-refractivity contribution in [3.8, 4) is 33.6 Å². The molecule has 242 valence electrons. The topological polar surface area (TPSA) is 9.86 Å². The minimum Gasteiger partial charge on any atom is -0.309 e. The summed E-state index contributed by atoms with van der Waals surface area (Å²) >= 11 is 2.01. The lowest BCUT2D eigenvalue weighted by Gasteiger charge is -2.11. The highest BCUT2D eigenvalue weighted by molar-refractivity contribution is 7.19. The zero-order valence-corrected chi connectivity index (χ0v) is 29.0. The summed E-state index contributed by atoms with van der Waals surface area (Å²) < 4.78 is 6.30. The largest absolute Gasteiger partial charge is 0.309 e.